The minimum atomic E-state index is -1.05. The SMILES string of the molecule is C/C(C(=O)O)=C(/c1cccc(O)c1F)C1CC1. The smallest absolute Gasteiger partial charge is 0.331 e. The van der Waals surface area contributed by atoms with Crippen LogP contribution in [0.15, 0.2) is 23.8 Å². The fourth-order valence-corrected chi connectivity index (χ4v) is 1.94. The molecular weight excluding hydrogens is 223 g/mol. The van der Waals surface area contributed by atoms with Crippen LogP contribution in [-0.2, 0) is 4.79 Å². The standard InChI is InChI=1S/C13H13FO3/c1-7(13(16)17)11(8-5-6-8)9-3-2-4-10(15)12(9)14/h2-4,8,15H,5-6H2,1H3,(H,16,17)/b11-7-. The second-order valence-corrected chi connectivity index (χ2v) is 4.26. The first-order chi connectivity index (χ1) is 8.02. The van der Waals surface area contributed by atoms with Crippen molar-refractivity contribution in [2.24, 2.45) is 5.92 Å². The van der Waals surface area contributed by atoms with E-state index in [1.165, 1.54) is 25.1 Å². The average Bonchev–Trinajstić information content (AvgIpc) is 3.08. The zero-order chi connectivity index (χ0) is 12.6. The first kappa shape index (κ1) is 11.6. The number of rotatable bonds is 3. The Hall–Kier alpha value is -1.84. The second-order valence-electron chi connectivity index (χ2n) is 4.26. The Morgan fingerprint density at radius 3 is 2.59 bits per heavy atom. The summed E-state index contributed by atoms with van der Waals surface area (Å²) in [5.74, 6) is -2.13. The number of phenols is 1. The van der Waals surface area contributed by atoms with Gasteiger partial charge in [0.1, 0.15) is 0 Å². The summed E-state index contributed by atoms with van der Waals surface area (Å²) >= 11 is 0. The Morgan fingerprint density at radius 2 is 2.06 bits per heavy atom. The van der Waals surface area contributed by atoms with E-state index in [4.69, 9.17) is 5.11 Å². The molecular formula is C13H13FO3. The highest BCUT2D eigenvalue weighted by molar-refractivity contribution is 5.96. The van der Waals surface area contributed by atoms with Crippen LogP contribution >= 0.6 is 0 Å². The van der Waals surface area contributed by atoms with Gasteiger partial charge in [-0.3, -0.25) is 0 Å². The van der Waals surface area contributed by atoms with Gasteiger partial charge in [0, 0.05) is 11.1 Å². The summed E-state index contributed by atoms with van der Waals surface area (Å²) in [6, 6.07) is 4.28. The highest BCUT2D eigenvalue weighted by atomic mass is 19.1. The maximum atomic E-state index is 13.8. The Bertz CT molecular complexity index is 501. The van der Waals surface area contributed by atoms with Crippen LogP contribution < -0.4 is 0 Å². The molecule has 0 aliphatic heterocycles. The predicted octanol–water partition coefficient (Wildman–Crippen LogP) is 2.80. The Morgan fingerprint density at radius 1 is 1.41 bits per heavy atom. The summed E-state index contributed by atoms with van der Waals surface area (Å²) in [6.07, 6.45) is 1.74. The van der Waals surface area contributed by atoms with Gasteiger partial charge in [0.05, 0.1) is 0 Å². The second kappa shape index (κ2) is 4.20. The van der Waals surface area contributed by atoms with Gasteiger partial charge < -0.3 is 10.2 Å². The molecule has 0 spiro atoms. The van der Waals surface area contributed by atoms with Gasteiger partial charge in [0.15, 0.2) is 11.6 Å². The molecule has 0 unspecified atom stereocenters. The highest BCUT2D eigenvalue weighted by Gasteiger charge is 2.32. The molecule has 0 amide bonds. The van der Waals surface area contributed by atoms with E-state index in [-0.39, 0.29) is 17.1 Å². The average molecular weight is 236 g/mol. The van der Waals surface area contributed by atoms with Crippen molar-refractivity contribution in [1.82, 2.24) is 0 Å². The minimum Gasteiger partial charge on any atom is -0.505 e. The summed E-state index contributed by atoms with van der Waals surface area (Å²) < 4.78 is 13.8. The molecule has 0 saturated heterocycles. The van der Waals surface area contributed by atoms with Crippen LogP contribution in [0.1, 0.15) is 25.3 Å². The van der Waals surface area contributed by atoms with Crippen molar-refractivity contribution in [2.45, 2.75) is 19.8 Å². The molecule has 1 fully saturated rings. The summed E-state index contributed by atoms with van der Waals surface area (Å²) in [6.45, 7) is 1.47. The van der Waals surface area contributed by atoms with Gasteiger partial charge in [-0.1, -0.05) is 12.1 Å². The molecule has 3 nitrogen and oxygen atoms in total. The van der Waals surface area contributed by atoms with Crippen LogP contribution in [-0.4, -0.2) is 16.2 Å². The molecule has 0 bridgehead atoms. The number of phenolic OH excluding ortho intramolecular Hbond substituents is 1. The molecule has 17 heavy (non-hydrogen) atoms. The molecule has 0 heterocycles. The lowest BCUT2D eigenvalue weighted by atomic mass is 9.95. The lowest BCUT2D eigenvalue weighted by molar-refractivity contribution is -0.132. The first-order valence-electron chi connectivity index (χ1n) is 5.44. The molecule has 1 aliphatic carbocycles. The lowest BCUT2D eigenvalue weighted by Gasteiger charge is -2.11. The van der Waals surface area contributed by atoms with Crippen molar-refractivity contribution in [3.63, 3.8) is 0 Å². The molecule has 90 valence electrons. The number of carbonyl (C=O) groups is 1. The predicted molar refractivity (Wildman–Crippen MR) is 61.0 cm³/mol. The van der Waals surface area contributed by atoms with E-state index in [0.29, 0.717) is 5.57 Å². The van der Waals surface area contributed by atoms with E-state index in [1.54, 1.807) is 0 Å². The third-order valence-corrected chi connectivity index (χ3v) is 2.98. The summed E-state index contributed by atoms with van der Waals surface area (Å²) in [4.78, 5) is 11.0. The third-order valence-electron chi connectivity index (χ3n) is 2.98. The topological polar surface area (TPSA) is 57.5 Å². The maximum Gasteiger partial charge on any atom is 0.331 e. The number of aromatic hydroxyl groups is 1. The molecule has 1 aromatic carbocycles. The maximum absolute atomic E-state index is 13.8. The van der Waals surface area contributed by atoms with E-state index in [9.17, 15) is 14.3 Å². The Kier molecular flexibility index (Phi) is 2.88. The molecule has 1 aromatic rings. The van der Waals surface area contributed by atoms with Gasteiger partial charge in [-0.15, -0.1) is 0 Å². The number of carboxylic acids is 1. The van der Waals surface area contributed by atoms with Crippen molar-refractivity contribution < 1.29 is 19.4 Å². The number of benzene rings is 1. The van der Waals surface area contributed by atoms with Crippen LogP contribution in [0.4, 0.5) is 4.39 Å². The summed E-state index contributed by atoms with van der Waals surface area (Å²) in [5, 5.41) is 18.3. The van der Waals surface area contributed by atoms with E-state index >= 15 is 0 Å². The summed E-state index contributed by atoms with van der Waals surface area (Å²) in [7, 11) is 0. The minimum absolute atomic E-state index is 0.0994. The van der Waals surface area contributed by atoms with Crippen molar-refractivity contribution in [3.8, 4) is 5.75 Å². The van der Waals surface area contributed by atoms with Crippen LogP contribution in [0.3, 0.4) is 0 Å². The molecule has 0 radical (unpaired) electrons. The number of halogens is 1. The first-order valence-corrected chi connectivity index (χ1v) is 5.44. The van der Waals surface area contributed by atoms with Gasteiger partial charge in [-0.05, 0) is 37.3 Å². The zero-order valence-corrected chi connectivity index (χ0v) is 9.40. The third kappa shape index (κ3) is 2.16. The molecule has 0 aromatic heterocycles. The monoisotopic (exact) mass is 236 g/mol. The number of aliphatic carboxylic acids is 1. The fourth-order valence-electron chi connectivity index (χ4n) is 1.94. The fraction of sp³-hybridized carbons (Fsp3) is 0.308. The number of allylic oxidation sites excluding steroid dienone is 1. The van der Waals surface area contributed by atoms with Gasteiger partial charge in [0.25, 0.3) is 0 Å². The van der Waals surface area contributed by atoms with E-state index < -0.39 is 17.5 Å². The van der Waals surface area contributed by atoms with E-state index in [2.05, 4.69) is 0 Å². The van der Waals surface area contributed by atoms with E-state index in [1.807, 2.05) is 0 Å². The molecule has 4 heteroatoms. The number of hydrogen-bond acceptors (Lipinski definition) is 2. The Balaban J connectivity index is 2.58. The van der Waals surface area contributed by atoms with Crippen LogP contribution in [0.25, 0.3) is 5.57 Å². The largest absolute Gasteiger partial charge is 0.505 e. The number of hydrogen-bond donors (Lipinski definition) is 2. The Labute approximate surface area is 98.2 Å². The van der Waals surface area contributed by atoms with Crippen LogP contribution in [0.2, 0.25) is 0 Å². The van der Waals surface area contributed by atoms with Crippen molar-refractivity contribution in [3.05, 3.63) is 35.2 Å². The zero-order valence-electron chi connectivity index (χ0n) is 9.40. The van der Waals surface area contributed by atoms with Gasteiger partial charge >= 0.3 is 5.97 Å². The van der Waals surface area contributed by atoms with Crippen LogP contribution in [0, 0.1) is 11.7 Å². The summed E-state index contributed by atoms with van der Waals surface area (Å²) in [5.41, 5.74) is 0.857. The van der Waals surface area contributed by atoms with Gasteiger partial charge in [0.2, 0.25) is 0 Å². The highest BCUT2D eigenvalue weighted by Crippen LogP contribution is 2.45. The molecule has 1 aliphatic rings. The molecule has 1 saturated carbocycles. The van der Waals surface area contributed by atoms with Gasteiger partial charge in [-0.25, -0.2) is 9.18 Å². The quantitative estimate of drug-likeness (QED) is 0.793. The number of carboxylic acid groups (broad SMARTS) is 1. The van der Waals surface area contributed by atoms with Gasteiger partial charge in [-0.2, -0.15) is 0 Å². The molecule has 0 atom stereocenters. The van der Waals surface area contributed by atoms with Crippen molar-refractivity contribution in [2.75, 3.05) is 0 Å². The normalized spacial score (nSPS) is 16.6. The van der Waals surface area contributed by atoms with Crippen molar-refractivity contribution in [1.29, 1.82) is 0 Å². The molecule has 2 N–H and O–H groups in total. The van der Waals surface area contributed by atoms with E-state index in [0.717, 1.165) is 12.8 Å². The lowest BCUT2D eigenvalue weighted by Crippen LogP contribution is -2.04. The van der Waals surface area contributed by atoms with Crippen molar-refractivity contribution >= 4 is 11.5 Å². The van der Waals surface area contributed by atoms with Crippen LogP contribution in [0.5, 0.6) is 5.75 Å². The molecule has 2 rings (SSSR count).